The molecule has 0 saturated carbocycles. The molecular weight excluding hydrogens is 256 g/mol. The van der Waals surface area contributed by atoms with Crippen LogP contribution in [0.1, 0.15) is 11.6 Å². The molecule has 1 aromatic carbocycles. The smallest absolute Gasteiger partial charge is 0.157 e. The molecule has 2 aromatic rings. The molecule has 1 aromatic heterocycles. The average molecular weight is 272 g/mol. The highest BCUT2D eigenvalue weighted by Gasteiger charge is 2.21. The van der Waals surface area contributed by atoms with Gasteiger partial charge in [-0.3, -0.25) is 9.67 Å². The predicted octanol–water partition coefficient (Wildman–Crippen LogP) is 2.32. The van der Waals surface area contributed by atoms with Gasteiger partial charge in [-0.15, -0.1) is 0 Å². The highest BCUT2D eigenvalue weighted by atomic mass is 32.2. The van der Waals surface area contributed by atoms with Crippen LogP contribution in [0.15, 0.2) is 53.8 Å². The van der Waals surface area contributed by atoms with Gasteiger partial charge in [0.1, 0.15) is 0 Å². The van der Waals surface area contributed by atoms with Crippen molar-refractivity contribution in [3.05, 3.63) is 54.4 Å². The minimum atomic E-state index is 0.384. The molecule has 2 heterocycles. The van der Waals surface area contributed by atoms with E-state index in [4.69, 9.17) is 0 Å². The minimum Gasteiger partial charge on any atom is -0.357 e. The van der Waals surface area contributed by atoms with E-state index in [0.29, 0.717) is 6.04 Å². The summed E-state index contributed by atoms with van der Waals surface area (Å²) in [5.41, 5.74) is 1.33. The van der Waals surface area contributed by atoms with Crippen LogP contribution in [0.4, 0.5) is 0 Å². The van der Waals surface area contributed by atoms with Gasteiger partial charge in [0.05, 0.1) is 19.1 Å². The maximum Gasteiger partial charge on any atom is 0.157 e. The zero-order chi connectivity index (χ0) is 12.9. The van der Waals surface area contributed by atoms with Crippen molar-refractivity contribution in [3.8, 4) is 0 Å². The number of hydrogen-bond donors (Lipinski definition) is 1. The standard InChI is InChI=1S/C14H16N4S/c1-2-5-12(6-3-1)13-11-19-14(17-13)15-8-10-18-9-4-7-16-18/h1-7,9,13H,8,10-11H2,(H,15,17). The lowest BCUT2D eigenvalue weighted by Crippen LogP contribution is -2.19. The molecule has 0 amide bonds. The molecule has 0 spiro atoms. The normalized spacial score (nSPS) is 20.6. The van der Waals surface area contributed by atoms with Crippen LogP contribution in [0.25, 0.3) is 0 Å². The van der Waals surface area contributed by atoms with E-state index in [-0.39, 0.29) is 0 Å². The van der Waals surface area contributed by atoms with E-state index in [9.17, 15) is 0 Å². The SMILES string of the molecule is c1ccc(C2CSC(=NCCn3cccn3)N2)cc1. The Kier molecular flexibility index (Phi) is 3.83. The van der Waals surface area contributed by atoms with Gasteiger partial charge in [-0.25, -0.2) is 0 Å². The van der Waals surface area contributed by atoms with Gasteiger partial charge in [0.25, 0.3) is 0 Å². The van der Waals surface area contributed by atoms with Crippen LogP contribution in [0.3, 0.4) is 0 Å². The van der Waals surface area contributed by atoms with Crippen molar-refractivity contribution in [1.29, 1.82) is 0 Å². The summed E-state index contributed by atoms with van der Waals surface area (Å²) in [5.74, 6) is 1.05. The van der Waals surface area contributed by atoms with Crippen molar-refractivity contribution in [1.82, 2.24) is 15.1 Å². The minimum absolute atomic E-state index is 0.384. The fourth-order valence-electron chi connectivity index (χ4n) is 2.04. The zero-order valence-corrected chi connectivity index (χ0v) is 11.4. The fraction of sp³-hybridized carbons (Fsp3) is 0.286. The molecule has 1 aliphatic heterocycles. The Morgan fingerprint density at radius 3 is 3.00 bits per heavy atom. The molecule has 1 atom stereocenters. The molecular formula is C14H16N4S. The van der Waals surface area contributed by atoms with E-state index in [0.717, 1.165) is 24.0 Å². The number of benzene rings is 1. The van der Waals surface area contributed by atoms with E-state index in [2.05, 4.69) is 39.7 Å². The largest absolute Gasteiger partial charge is 0.357 e. The van der Waals surface area contributed by atoms with Gasteiger partial charge < -0.3 is 5.32 Å². The third-order valence-corrected chi connectivity index (χ3v) is 4.05. The van der Waals surface area contributed by atoms with Crippen LogP contribution < -0.4 is 5.32 Å². The summed E-state index contributed by atoms with van der Waals surface area (Å²) in [7, 11) is 0. The van der Waals surface area contributed by atoms with E-state index in [1.54, 1.807) is 18.0 Å². The van der Waals surface area contributed by atoms with Gasteiger partial charge in [-0.1, -0.05) is 42.1 Å². The monoisotopic (exact) mass is 272 g/mol. The lowest BCUT2D eigenvalue weighted by atomic mass is 10.1. The first-order chi connectivity index (χ1) is 9.42. The van der Waals surface area contributed by atoms with E-state index < -0.39 is 0 Å². The van der Waals surface area contributed by atoms with Crippen molar-refractivity contribution in [2.24, 2.45) is 4.99 Å². The molecule has 0 radical (unpaired) electrons. The van der Waals surface area contributed by atoms with Crippen LogP contribution in [0.5, 0.6) is 0 Å². The van der Waals surface area contributed by atoms with Gasteiger partial charge in [0, 0.05) is 18.1 Å². The topological polar surface area (TPSA) is 42.2 Å². The number of rotatable bonds is 4. The highest BCUT2D eigenvalue weighted by Crippen LogP contribution is 2.25. The molecule has 1 aliphatic rings. The van der Waals surface area contributed by atoms with Crippen molar-refractivity contribution < 1.29 is 0 Å². The van der Waals surface area contributed by atoms with Crippen LogP contribution in [-0.4, -0.2) is 27.2 Å². The van der Waals surface area contributed by atoms with Gasteiger partial charge in [-0.05, 0) is 11.6 Å². The summed E-state index contributed by atoms with van der Waals surface area (Å²) in [6.07, 6.45) is 3.75. The lowest BCUT2D eigenvalue weighted by molar-refractivity contribution is 0.624. The van der Waals surface area contributed by atoms with Gasteiger partial charge >= 0.3 is 0 Å². The summed E-state index contributed by atoms with van der Waals surface area (Å²) in [6.45, 7) is 1.59. The quantitative estimate of drug-likeness (QED) is 0.928. The molecule has 19 heavy (non-hydrogen) atoms. The van der Waals surface area contributed by atoms with E-state index >= 15 is 0 Å². The molecule has 1 fully saturated rings. The Hall–Kier alpha value is -1.75. The van der Waals surface area contributed by atoms with Crippen LogP contribution in [0.2, 0.25) is 0 Å². The average Bonchev–Trinajstić information content (AvgIpc) is 3.11. The van der Waals surface area contributed by atoms with Gasteiger partial charge in [-0.2, -0.15) is 5.10 Å². The summed E-state index contributed by atoms with van der Waals surface area (Å²) >= 11 is 1.79. The number of nitrogens with zero attached hydrogens (tertiary/aromatic N) is 3. The highest BCUT2D eigenvalue weighted by molar-refractivity contribution is 8.14. The van der Waals surface area contributed by atoms with Crippen molar-refractivity contribution in [3.63, 3.8) is 0 Å². The first-order valence-corrected chi connectivity index (χ1v) is 7.36. The Balaban J connectivity index is 1.54. The summed E-state index contributed by atoms with van der Waals surface area (Å²) < 4.78 is 1.90. The third kappa shape index (κ3) is 3.17. The summed E-state index contributed by atoms with van der Waals surface area (Å²) in [5, 5.41) is 8.68. The third-order valence-electron chi connectivity index (χ3n) is 3.03. The second-order valence-corrected chi connectivity index (χ2v) is 5.38. The summed E-state index contributed by atoms with van der Waals surface area (Å²) in [4.78, 5) is 4.58. The molecule has 0 aliphatic carbocycles. The first kappa shape index (κ1) is 12.3. The molecule has 98 valence electrons. The van der Waals surface area contributed by atoms with Crippen molar-refractivity contribution in [2.75, 3.05) is 12.3 Å². The van der Waals surface area contributed by atoms with Gasteiger partial charge in [0.2, 0.25) is 0 Å². The number of aliphatic imine (C=N–C) groups is 1. The fourth-order valence-corrected chi connectivity index (χ4v) is 3.05. The first-order valence-electron chi connectivity index (χ1n) is 6.38. The number of amidine groups is 1. The second-order valence-electron chi connectivity index (χ2n) is 4.37. The van der Waals surface area contributed by atoms with Crippen molar-refractivity contribution >= 4 is 16.9 Å². The molecule has 3 rings (SSSR count). The molecule has 4 nitrogen and oxygen atoms in total. The van der Waals surface area contributed by atoms with Crippen LogP contribution in [0, 0.1) is 0 Å². The summed E-state index contributed by atoms with van der Waals surface area (Å²) in [6, 6.07) is 12.8. The second kappa shape index (κ2) is 5.93. The Bertz CT molecular complexity index is 536. The van der Waals surface area contributed by atoms with Gasteiger partial charge in [0.15, 0.2) is 5.17 Å². The lowest BCUT2D eigenvalue weighted by Gasteiger charge is -2.09. The molecule has 0 bridgehead atoms. The number of hydrogen-bond acceptors (Lipinski definition) is 3. The molecule has 1 saturated heterocycles. The van der Waals surface area contributed by atoms with E-state index in [1.165, 1.54) is 5.56 Å². The Morgan fingerprint density at radius 1 is 1.32 bits per heavy atom. The Morgan fingerprint density at radius 2 is 2.21 bits per heavy atom. The number of nitrogens with one attached hydrogen (secondary N) is 1. The van der Waals surface area contributed by atoms with Crippen molar-refractivity contribution in [2.45, 2.75) is 12.6 Å². The maximum atomic E-state index is 4.58. The Labute approximate surface area is 116 Å². The van der Waals surface area contributed by atoms with Crippen LogP contribution in [-0.2, 0) is 6.54 Å². The predicted molar refractivity (Wildman–Crippen MR) is 79.3 cm³/mol. The zero-order valence-electron chi connectivity index (χ0n) is 10.6. The number of aromatic nitrogens is 2. The molecule has 5 heteroatoms. The van der Waals surface area contributed by atoms with Crippen LogP contribution >= 0.6 is 11.8 Å². The maximum absolute atomic E-state index is 4.58. The van der Waals surface area contributed by atoms with E-state index in [1.807, 2.05) is 23.0 Å². The molecule has 1 N–H and O–H groups in total. The number of thioether (sulfide) groups is 1. The molecule has 1 unspecified atom stereocenters.